The van der Waals surface area contributed by atoms with Crippen molar-refractivity contribution in [2.24, 2.45) is 0 Å². The first-order valence-corrected chi connectivity index (χ1v) is 7.35. The molecule has 3 N–H and O–H groups in total. The largest absolute Gasteiger partial charge is 0.508 e. The number of nitrogens with one attached hydrogen (secondary N) is 1. The van der Waals surface area contributed by atoms with Gasteiger partial charge in [0.25, 0.3) is 0 Å². The molecule has 1 aromatic rings. The Hall–Kier alpha value is -1.22. The minimum absolute atomic E-state index is 0. The zero-order valence-corrected chi connectivity index (χ0v) is 11.5. The Morgan fingerprint density at radius 2 is 1.43 bits per heavy atom. The van der Waals surface area contributed by atoms with Crippen LogP contribution in [0.3, 0.4) is 0 Å². The lowest BCUT2D eigenvalue weighted by atomic mass is 10.0. The number of rotatable bonds is 3. The van der Waals surface area contributed by atoms with Crippen molar-refractivity contribution in [3.63, 3.8) is 0 Å². The second-order valence-electron chi connectivity index (χ2n) is 5.39. The minimum atomic E-state index is 0. The van der Waals surface area contributed by atoms with Crippen molar-refractivity contribution in [2.75, 3.05) is 0 Å². The summed E-state index contributed by atoms with van der Waals surface area (Å²) in [5, 5.41) is 22.5. The number of phenols is 2. The SMILES string of the molecule is C.C.Oc1ccc(CN[C]2CCCCCCCC2)c(O)c1. The molecule has 0 unspecified atom stereocenters. The molecule has 0 saturated heterocycles. The van der Waals surface area contributed by atoms with Crippen LogP contribution in [-0.4, -0.2) is 10.2 Å². The van der Waals surface area contributed by atoms with E-state index in [1.807, 2.05) is 0 Å². The van der Waals surface area contributed by atoms with Gasteiger partial charge in [-0.15, -0.1) is 0 Å². The van der Waals surface area contributed by atoms with E-state index in [0.29, 0.717) is 6.54 Å². The fourth-order valence-corrected chi connectivity index (χ4v) is 2.61. The molecule has 1 aromatic carbocycles. The summed E-state index contributed by atoms with van der Waals surface area (Å²) in [7, 11) is 0. The van der Waals surface area contributed by atoms with E-state index >= 15 is 0 Å². The third kappa shape index (κ3) is 6.85. The standard InChI is InChI=1S/C16H24NO2.2CH4/c18-15-10-9-13(16(19)11-15)12-17-14-7-5-3-1-2-4-6-8-14;;/h9-11,17-19H,1-8,12H2;2*1H4. The molecular weight excluding hydrogens is 262 g/mol. The van der Waals surface area contributed by atoms with E-state index in [0.717, 1.165) is 18.4 Å². The number of aromatic hydroxyl groups is 2. The van der Waals surface area contributed by atoms with E-state index in [-0.39, 0.29) is 26.4 Å². The highest BCUT2D eigenvalue weighted by Crippen LogP contribution is 2.25. The molecule has 121 valence electrons. The zero-order valence-electron chi connectivity index (χ0n) is 11.5. The molecule has 1 saturated carbocycles. The Labute approximate surface area is 130 Å². The van der Waals surface area contributed by atoms with Crippen LogP contribution in [0.4, 0.5) is 0 Å². The summed E-state index contributed by atoms with van der Waals surface area (Å²) in [6, 6.07) is 6.19. The summed E-state index contributed by atoms with van der Waals surface area (Å²) >= 11 is 0. The van der Waals surface area contributed by atoms with Crippen LogP contribution in [0.2, 0.25) is 0 Å². The average Bonchev–Trinajstić information content (AvgIpc) is 2.51. The molecular formula is C18H32NO2. The van der Waals surface area contributed by atoms with Crippen LogP contribution < -0.4 is 5.32 Å². The van der Waals surface area contributed by atoms with Gasteiger partial charge in [0, 0.05) is 24.2 Å². The molecule has 1 radical (unpaired) electrons. The first kappa shape index (κ1) is 19.8. The Balaban J connectivity index is 0.00000200. The van der Waals surface area contributed by atoms with Crippen molar-refractivity contribution in [2.45, 2.75) is 72.8 Å². The van der Waals surface area contributed by atoms with Crippen LogP contribution in [0.25, 0.3) is 0 Å². The highest BCUT2D eigenvalue weighted by Gasteiger charge is 2.12. The van der Waals surface area contributed by atoms with Crippen molar-refractivity contribution >= 4 is 0 Å². The lowest BCUT2D eigenvalue weighted by Crippen LogP contribution is -2.20. The van der Waals surface area contributed by atoms with Crippen molar-refractivity contribution in [3.8, 4) is 11.5 Å². The minimum Gasteiger partial charge on any atom is -0.508 e. The van der Waals surface area contributed by atoms with E-state index in [1.54, 1.807) is 12.1 Å². The highest BCUT2D eigenvalue weighted by molar-refractivity contribution is 5.38. The molecule has 3 nitrogen and oxygen atoms in total. The maximum atomic E-state index is 9.76. The quantitative estimate of drug-likeness (QED) is 0.724. The molecule has 1 aliphatic rings. The maximum absolute atomic E-state index is 9.76. The molecule has 0 atom stereocenters. The van der Waals surface area contributed by atoms with Crippen molar-refractivity contribution in [1.82, 2.24) is 5.32 Å². The maximum Gasteiger partial charge on any atom is 0.123 e. The number of hydrogen-bond donors (Lipinski definition) is 3. The molecule has 1 aliphatic carbocycles. The van der Waals surface area contributed by atoms with E-state index in [1.165, 1.54) is 50.6 Å². The molecule has 0 amide bonds. The van der Waals surface area contributed by atoms with Crippen LogP contribution in [0.5, 0.6) is 11.5 Å². The molecule has 0 bridgehead atoms. The molecule has 0 aliphatic heterocycles. The summed E-state index contributed by atoms with van der Waals surface area (Å²) < 4.78 is 0. The second kappa shape index (κ2) is 10.5. The van der Waals surface area contributed by atoms with Gasteiger partial charge in [-0.2, -0.15) is 0 Å². The normalized spacial score (nSPS) is 16.8. The van der Waals surface area contributed by atoms with Gasteiger partial charge in [0.2, 0.25) is 0 Å². The first-order valence-electron chi connectivity index (χ1n) is 7.35. The average molecular weight is 294 g/mol. The Morgan fingerprint density at radius 3 is 2.00 bits per heavy atom. The van der Waals surface area contributed by atoms with Crippen LogP contribution in [0.1, 0.15) is 71.8 Å². The Bertz CT molecular complexity index is 383. The lowest BCUT2D eigenvalue weighted by Gasteiger charge is -2.17. The third-order valence-corrected chi connectivity index (χ3v) is 3.80. The number of phenolic OH excluding ortho intramolecular Hbond substituents is 2. The van der Waals surface area contributed by atoms with Gasteiger partial charge < -0.3 is 15.5 Å². The van der Waals surface area contributed by atoms with E-state index in [4.69, 9.17) is 0 Å². The van der Waals surface area contributed by atoms with E-state index in [2.05, 4.69) is 5.32 Å². The molecule has 0 aromatic heterocycles. The fourth-order valence-electron chi connectivity index (χ4n) is 2.61. The van der Waals surface area contributed by atoms with Gasteiger partial charge >= 0.3 is 0 Å². The Morgan fingerprint density at radius 1 is 0.857 bits per heavy atom. The van der Waals surface area contributed by atoms with Crippen molar-refractivity contribution in [3.05, 3.63) is 29.8 Å². The Kier molecular flexibility index (Phi) is 9.89. The van der Waals surface area contributed by atoms with Gasteiger partial charge in [-0.25, -0.2) is 0 Å². The van der Waals surface area contributed by atoms with Crippen molar-refractivity contribution in [1.29, 1.82) is 0 Å². The predicted octanol–water partition coefficient (Wildman–Crippen LogP) is 5.13. The monoisotopic (exact) mass is 294 g/mol. The van der Waals surface area contributed by atoms with Crippen LogP contribution in [-0.2, 0) is 6.54 Å². The van der Waals surface area contributed by atoms with Gasteiger partial charge in [-0.3, -0.25) is 0 Å². The summed E-state index contributed by atoms with van der Waals surface area (Å²) in [6.45, 7) is 0.640. The van der Waals surface area contributed by atoms with Gasteiger partial charge in [0.15, 0.2) is 0 Å². The molecule has 3 heteroatoms. The summed E-state index contributed by atoms with van der Waals surface area (Å²) in [4.78, 5) is 0. The number of hydrogen-bond acceptors (Lipinski definition) is 3. The van der Waals surface area contributed by atoms with Crippen LogP contribution in [0.15, 0.2) is 18.2 Å². The molecule has 1 fully saturated rings. The van der Waals surface area contributed by atoms with E-state index < -0.39 is 0 Å². The first-order chi connectivity index (χ1) is 9.25. The summed E-state index contributed by atoms with van der Waals surface area (Å²) in [5.41, 5.74) is 0.838. The van der Waals surface area contributed by atoms with Crippen LogP contribution >= 0.6 is 0 Å². The van der Waals surface area contributed by atoms with Gasteiger partial charge in [0.05, 0.1) is 0 Å². The predicted molar refractivity (Wildman–Crippen MR) is 90.3 cm³/mol. The van der Waals surface area contributed by atoms with E-state index in [9.17, 15) is 10.2 Å². The second-order valence-corrected chi connectivity index (χ2v) is 5.39. The zero-order chi connectivity index (χ0) is 13.5. The van der Waals surface area contributed by atoms with Gasteiger partial charge in [-0.05, 0) is 18.9 Å². The van der Waals surface area contributed by atoms with Crippen molar-refractivity contribution < 1.29 is 10.2 Å². The lowest BCUT2D eigenvalue weighted by molar-refractivity contribution is 0.442. The topological polar surface area (TPSA) is 52.5 Å². The summed E-state index contributed by atoms with van der Waals surface area (Å²) in [5.74, 6) is 0.271. The summed E-state index contributed by atoms with van der Waals surface area (Å²) in [6.07, 6.45) is 10.2. The fraction of sp³-hybridized carbons (Fsp3) is 0.611. The molecule has 2 rings (SSSR count). The van der Waals surface area contributed by atoms with Gasteiger partial charge in [-0.1, -0.05) is 59.4 Å². The third-order valence-electron chi connectivity index (χ3n) is 3.80. The smallest absolute Gasteiger partial charge is 0.123 e. The van der Waals surface area contributed by atoms with Crippen LogP contribution in [0, 0.1) is 6.04 Å². The number of benzene rings is 1. The highest BCUT2D eigenvalue weighted by atomic mass is 16.3. The molecule has 0 heterocycles. The molecule has 0 spiro atoms. The van der Waals surface area contributed by atoms with Gasteiger partial charge in [0.1, 0.15) is 11.5 Å². The molecule has 21 heavy (non-hydrogen) atoms.